The van der Waals surface area contributed by atoms with Crippen LogP contribution in [0.15, 0.2) is 48.8 Å². The summed E-state index contributed by atoms with van der Waals surface area (Å²) in [5, 5.41) is 2.92. The third kappa shape index (κ3) is 4.12. The Morgan fingerprint density at radius 2 is 1.95 bits per heavy atom. The van der Waals surface area contributed by atoms with Crippen molar-refractivity contribution in [1.82, 2.24) is 10.3 Å². The van der Waals surface area contributed by atoms with Crippen LogP contribution in [0.2, 0.25) is 0 Å². The molecule has 0 fully saturated rings. The highest BCUT2D eigenvalue weighted by Crippen LogP contribution is 2.25. The Kier molecular flexibility index (Phi) is 5.04. The highest BCUT2D eigenvalue weighted by Gasteiger charge is 2.23. The van der Waals surface area contributed by atoms with Crippen molar-refractivity contribution in [2.45, 2.75) is 26.3 Å². The molecular formula is C17H19FN2O. The Bertz CT molecular complexity index is 581. The molecule has 0 saturated carbocycles. The molecule has 0 aliphatic heterocycles. The average molecular weight is 286 g/mol. The topological polar surface area (TPSA) is 42.0 Å². The van der Waals surface area contributed by atoms with Crippen molar-refractivity contribution in [2.75, 3.05) is 0 Å². The van der Waals surface area contributed by atoms with Gasteiger partial charge in [0.25, 0.3) is 0 Å². The molecule has 0 aliphatic rings. The van der Waals surface area contributed by atoms with Crippen LogP contribution in [0, 0.1) is 11.7 Å². The van der Waals surface area contributed by atoms with Gasteiger partial charge in [-0.1, -0.05) is 32.0 Å². The summed E-state index contributed by atoms with van der Waals surface area (Å²) in [5.41, 5.74) is 1.78. The molecule has 0 bridgehead atoms. The van der Waals surface area contributed by atoms with E-state index in [4.69, 9.17) is 0 Å². The molecule has 3 nitrogen and oxygen atoms in total. The van der Waals surface area contributed by atoms with Gasteiger partial charge in [-0.3, -0.25) is 9.78 Å². The molecule has 110 valence electrons. The molecular weight excluding hydrogens is 267 g/mol. The fourth-order valence-electron chi connectivity index (χ4n) is 2.31. The number of aromatic nitrogens is 1. The molecule has 1 amide bonds. The van der Waals surface area contributed by atoms with Crippen LogP contribution in [0.5, 0.6) is 0 Å². The van der Waals surface area contributed by atoms with E-state index in [1.54, 1.807) is 24.5 Å². The molecule has 1 N–H and O–H groups in total. The molecule has 4 heteroatoms. The first-order chi connectivity index (χ1) is 10.1. The second-order valence-electron chi connectivity index (χ2n) is 5.35. The van der Waals surface area contributed by atoms with E-state index in [1.165, 1.54) is 12.1 Å². The minimum Gasteiger partial charge on any atom is -0.351 e. The van der Waals surface area contributed by atoms with Gasteiger partial charge in [0, 0.05) is 18.9 Å². The lowest BCUT2D eigenvalue weighted by molar-refractivity contribution is -0.123. The first-order valence-corrected chi connectivity index (χ1v) is 7.00. The van der Waals surface area contributed by atoms with E-state index in [2.05, 4.69) is 10.3 Å². The van der Waals surface area contributed by atoms with E-state index in [9.17, 15) is 9.18 Å². The zero-order valence-corrected chi connectivity index (χ0v) is 12.2. The van der Waals surface area contributed by atoms with Gasteiger partial charge >= 0.3 is 0 Å². The van der Waals surface area contributed by atoms with Gasteiger partial charge in [-0.05, 0) is 35.2 Å². The summed E-state index contributed by atoms with van der Waals surface area (Å²) < 4.78 is 13.0. The molecule has 1 unspecified atom stereocenters. The van der Waals surface area contributed by atoms with Gasteiger partial charge in [-0.2, -0.15) is 0 Å². The number of carbonyl (C=O) groups excluding carboxylic acids is 1. The van der Waals surface area contributed by atoms with E-state index in [0.29, 0.717) is 6.54 Å². The first kappa shape index (κ1) is 15.2. The predicted molar refractivity (Wildman–Crippen MR) is 80.1 cm³/mol. The van der Waals surface area contributed by atoms with Crippen molar-refractivity contribution in [3.63, 3.8) is 0 Å². The molecule has 0 aliphatic carbocycles. The molecule has 1 atom stereocenters. The number of benzene rings is 1. The van der Waals surface area contributed by atoms with E-state index >= 15 is 0 Å². The molecule has 2 rings (SSSR count). The van der Waals surface area contributed by atoms with E-state index in [0.717, 1.165) is 11.1 Å². The van der Waals surface area contributed by atoms with Crippen molar-refractivity contribution < 1.29 is 9.18 Å². The summed E-state index contributed by atoms with van der Waals surface area (Å²) in [7, 11) is 0. The zero-order valence-electron chi connectivity index (χ0n) is 12.2. The minimum absolute atomic E-state index is 0.0551. The van der Waals surface area contributed by atoms with Crippen LogP contribution < -0.4 is 5.32 Å². The number of halogens is 1. The third-order valence-corrected chi connectivity index (χ3v) is 3.37. The average Bonchev–Trinajstić information content (AvgIpc) is 2.48. The number of carbonyl (C=O) groups is 1. The number of nitrogens with zero attached hydrogens (tertiary/aromatic N) is 1. The van der Waals surface area contributed by atoms with Crippen molar-refractivity contribution in [3.05, 3.63) is 65.7 Å². The van der Waals surface area contributed by atoms with E-state index in [-0.39, 0.29) is 23.6 Å². The van der Waals surface area contributed by atoms with Crippen molar-refractivity contribution in [1.29, 1.82) is 0 Å². The van der Waals surface area contributed by atoms with Crippen LogP contribution >= 0.6 is 0 Å². The fraction of sp³-hybridized carbons (Fsp3) is 0.294. The molecule has 1 aromatic heterocycles. The van der Waals surface area contributed by atoms with Gasteiger partial charge in [0.2, 0.25) is 5.91 Å². The monoisotopic (exact) mass is 286 g/mol. The van der Waals surface area contributed by atoms with E-state index in [1.807, 2.05) is 26.0 Å². The first-order valence-electron chi connectivity index (χ1n) is 7.00. The molecule has 21 heavy (non-hydrogen) atoms. The lowest BCUT2D eigenvalue weighted by Gasteiger charge is -2.20. The largest absolute Gasteiger partial charge is 0.351 e. The summed E-state index contributed by atoms with van der Waals surface area (Å²) in [6.07, 6.45) is 3.42. The van der Waals surface area contributed by atoms with Crippen LogP contribution in [0.3, 0.4) is 0 Å². The Labute approximate surface area is 124 Å². The van der Waals surface area contributed by atoms with Crippen molar-refractivity contribution in [2.24, 2.45) is 5.92 Å². The molecule has 1 heterocycles. The maximum absolute atomic E-state index is 13.0. The van der Waals surface area contributed by atoms with Crippen molar-refractivity contribution >= 4 is 5.91 Å². The smallest absolute Gasteiger partial charge is 0.228 e. The highest BCUT2D eigenvalue weighted by molar-refractivity contribution is 5.83. The SMILES string of the molecule is CC(C)C(C(=O)NCc1cccnc1)c1ccc(F)cc1. The normalized spacial score (nSPS) is 12.2. The molecule has 2 aromatic rings. The zero-order chi connectivity index (χ0) is 15.2. The van der Waals surface area contributed by atoms with Crippen LogP contribution in [0.25, 0.3) is 0 Å². The minimum atomic E-state index is -0.294. The number of hydrogen-bond acceptors (Lipinski definition) is 2. The number of nitrogens with one attached hydrogen (secondary N) is 1. The Morgan fingerprint density at radius 3 is 2.52 bits per heavy atom. The number of pyridine rings is 1. The second kappa shape index (κ2) is 6.97. The van der Waals surface area contributed by atoms with Gasteiger partial charge < -0.3 is 5.32 Å². The van der Waals surface area contributed by atoms with Gasteiger partial charge in [-0.15, -0.1) is 0 Å². The number of rotatable bonds is 5. The predicted octanol–water partition coefficient (Wildman–Crippen LogP) is 3.28. The second-order valence-corrected chi connectivity index (χ2v) is 5.35. The molecule has 0 radical (unpaired) electrons. The summed E-state index contributed by atoms with van der Waals surface area (Å²) in [4.78, 5) is 16.4. The van der Waals surface area contributed by atoms with E-state index < -0.39 is 0 Å². The maximum atomic E-state index is 13.0. The summed E-state index contributed by atoms with van der Waals surface area (Å²) in [6, 6.07) is 9.86. The van der Waals surface area contributed by atoms with Crippen molar-refractivity contribution in [3.8, 4) is 0 Å². The molecule has 0 saturated heterocycles. The Morgan fingerprint density at radius 1 is 1.24 bits per heavy atom. The van der Waals surface area contributed by atoms with Crippen LogP contribution in [-0.4, -0.2) is 10.9 Å². The summed E-state index contributed by atoms with van der Waals surface area (Å²) in [5.74, 6) is -0.510. The number of hydrogen-bond donors (Lipinski definition) is 1. The van der Waals surface area contributed by atoms with Crippen LogP contribution in [0.4, 0.5) is 4.39 Å². The summed E-state index contributed by atoms with van der Waals surface area (Å²) in [6.45, 7) is 4.41. The van der Waals surface area contributed by atoms with Crippen LogP contribution in [0.1, 0.15) is 30.9 Å². The standard InChI is InChI=1S/C17H19FN2O/c1-12(2)16(14-5-7-15(18)8-6-14)17(21)20-11-13-4-3-9-19-10-13/h3-10,12,16H,11H2,1-2H3,(H,20,21). The fourth-order valence-corrected chi connectivity index (χ4v) is 2.31. The van der Waals surface area contributed by atoms with Gasteiger partial charge in [0.05, 0.1) is 5.92 Å². The Hall–Kier alpha value is -2.23. The summed E-state index contributed by atoms with van der Waals surface area (Å²) >= 11 is 0. The Balaban J connectivity index is 2.07. The highest BCUT2D eigenvalue weighted by atomic mass is 19.1. The van der Waals surface area contributed by atoms with Gasteiger partial charge in [0.15, 0.2) is 0 Å². The maximum Gasteiger partial charge on any atom is 0.228 e. The quantitative estimate of drug-likeness (QED) is 0.916. The third-order valence-electron chi connectivity index (χ3n) is 3.37. The molecule has 0 spiro atoms. The van der Waals surface area contributed by atoms with Gasteiger partial charge in [-0.25, -0.2) is 4.39 Å². The lowest BCUT2D eigenvalue weighted by atomic mass is 9.87. The van der Waals surface area contributed by atoms with Gasteiger partial charge in [0.1, 0.15) is 5.82 Å². The lowest BCUT2D eigenvalue weighted by Crippen LogP contribution is -2.31. The van der Waals surface area contributed by atoms with Crippen LogP contribution in [-0.2, 0) is 11.3 Å². The number of amides is 1. The molecule has 1 aromatic carbocycles.